The van der Waals surface area contributed by atoms with Crippen molar-refractivity contribution in [3.8, 4) is 22.2 Å². The first-order valence-corrected chi connectivity index (χ1v) is 6.84. The summed E-state index contributed by atoms with van der Waals surface area (Å²) in [6.07, 6.45) is 0. The summed E-state index contributed by atoms with van der Waals surface area (Å²) in [4.78, 5) is 5.33. The molecule has 0 fully saturated rings. The Hall–Kier alpha value is -1.66. The summed E-state index contributed by atoms with van der Waals surface area (Å²) in [7, 11) is 0. The Balaban J connectivity index is 1.96. The molecule has 0 aliphatic carbocycles. The van der Waals surface area contributed by atoms with Crippen molar-refractivity contribution in [3.05, 3.63) is 40.2 Å². The Labute approximate surface area is 116 Å². The van der Waals surface area contributed by atoms with Crippen molar-refractivity contribution >= 4 is 33.0 Å². The van der Waals surface area contributed by atoms with Crippen LogP contribution in [0, 0.1) is 0 Å². The number of anilines is 1. The third kappa shape index (κ3) is 2.16. The zero-order chi connectivity index (χ0) is 12.5. The molecule has 1 aromatic carbocycles. The molecular formula is C12H8BrN3OS. The van der Waals surface area contributed by atoms with Crippen molar-refractivity contribution in [2.45, 2.75) is 0 Å². The quantitative estimate of drug-likeness (QED) is 0.729. The molecule has 6 heteroatoms. The maximum Gasteiger partial charge on any atom is 0.258 e. The van der Waals surface area contributed by atoms with Gasteiger partial charge in [0.2, 0.25) is 5.82 Å². The van der Waals surface area contributed by atoms with Gasteiger partial charge >= 0.3 is 0 Å². The Morgan fingerprint density at radius 2 is 2.00 bits per heavy atom. The van der Waals surface area contributed by atoms with Gasteiger partial charge < -0.3 is 10.3 Å². The lowest BCUT2D eigenvalue weighted by Crippen LogP contribution is -1.84. The molecule has 3 rings (SSSR count). The van der Waals surface area contributed by atoms with Gasteiger partial charge in [-0.15, -0.1) is 11.3 Å². The van der Waals surface area contributed by atoms with Gasteiger partial charge in [-0.25, -0.2) is 0 Å². The van der Waals surface area contributed by atoms with E-state index in [0.29, 0.717) is 17.4 Å². The second-order valence-corrected chi connectivity index (χ2v) is 5.50. The van der Waals surface area contributed by atoms with E-state index >= 15 is 0 Å². The van der Waals surface area contributed by atoms with Gasteiger partial charge in [-0.3, -0.25) is 0 Å². The molecule has 0 amide bonds. The molecule has 18 heavy (non-hydrogen) atoms. The standard InChI is InChI=1S/C12H8BrN3OS/c13-8-5-10(18-6-8)11-15-12(17-16-11)7-1-3-9(14)4-2-7/h1-6H,14H2. The minimum absolute atomic E-state index is 0.495. The number of aromatic nitrogens is 2. The molecule has 0 unspecified atom stereocenters. The highest BCUT2D eigenvalue weighted by molar-refractivity contribution is 9.10. The Kier molecular flexibility index (Phi) is 2.89. The number of nitrogens with two attached hydrogens (primary N) is 1. The molecule has 0 atom stereocenters. The van der Waals surface area contributed by atoms with Crippen molar-refractivity contribution in [1.29, 1.82) is 0 Å². The zero-order valence-corrected chi connectivity index (χ0v) is 11.5. The zero-order valence-electron chi connectivity index (χ0n) is 9.13. The molecule has 2 aromatic heterocycles. The van der Waals surface area contributed by atoms with Crippen LogP contribution in [-0.4, -0.2) is 10.1 Å². The van der Waals surface area contributed by atoms with E-state index in [0.717, 1.165) is 14.9 Å². The van der Waals surface area contributed by atoms with Gasteiger partial charge in [-0.1, -0.05) is 5.16 Å². The fourth-order valence-electron chi connectivity index (χ4n) is 1.50. The van der Waals surface area contributed by atoms with E-state index in [9.17, 15) is 0 Å². The number of halogens is 1. The first kappa shape index (κ1) is 11.4. The van der Waals surface area contributed by atoms with Crippen molar-refractivity contribution in [2.24, 2.45) is 0 Å². The minimum Gasteiger partial charge on any atom is -0.399 e. The molecule has 3 aromatic rings. The summed E-state index contributed by atoms with van der Waals surface area (Å²) < 4.78 is 6.26. The number of thiophene rings is 1. The average Bonchev–Trinajstić information content (AvgIpc) is 2.98. The molecule has 2 heterocycles. The molecule has 0 saturated carbocycles. The highest BCUT2D eigenvalue weighted by atomic mass is 79.9. The van der Waals surface area contributed by atoms with E-state index in [1.54, 1.807) is 23.5 Å². The third-order valence-corrected chi connectivity index (χ3v) is 4.06. The number of hydrogen-bond acceptors (Lipinski definition) is 5. The number of hydrogen-bond donors (Lipinski definition) is 1. The second kappa shape index (κ2) is 4.55. The summed E-state index contributed by atoms with van der Waals surface area (Å²) in [5.74, 6) is 1.09. The maximum absolute atomic E-state index is 5.63. The van der Waals surface area contributed by atoms with Gasteiger partial charge in [0, 0.05) is 21.1 Å². The van der Waals surface area contributed by atoms with Crippen LogP contribution in [0.1, 0.15) is 0 Å². The lowest BCUT2D eigenvalue weighted by atomic mass is 10.2. The fourth-order valence-corrected chi connectivity index (χ4v) is 2.85. The SMILES string of the molecule is Nc1ccc(-c2nc(-c3cc(Br)cs3)no2)cc1. The first-order valence-electron chi connectivity index (χ1n) is 5.16. The van der Waals surface area contributed by atoms with Gasteiger partial charge in [-0.2, -0.15) is 4.98 Å². The summed E-state index contributed by atoms with van der Waals surface area (Å²) >= 11 is 4.96. The van der Waals surface area contributed by atoms with Crippen molar-refractivity contribution in [3.63, 3.8) is 0 Å². The van der Waals surface area contributed by atoms with Crippen LogP contribution in [0.4, 0.5) is 5.69 Å². The second-order valence-electron chi connectivity index (χ2n) is 3.67. The van der Waals surface area contributed by atoms with Gasteiger partial charge in [0.25, 0.3) is 5.89 Å². The van der Waals surface area contributed by atoms with Crippen LogP contribution < -0.4 is 5.73 Å². The fraction of sp³-hybridized carbons (Fsp3) is 0. The molecule has 0 spiro atoms. The van der Waals surface area contributed by atoms with E-state index in [-0.39, 0.29) is 0 Å². The molecule has 4 nitrogen and oxygen atoms in total. The number of nitrogen functional groups attached to an aromatic ring is 1. The highest BCUT2D eigenvalue weighted by Gasteiger charge is 2.11. The Bertz CT molecular complexity index is 675. The van der Waals surface area contributed by atoms with Crippen LogP contribution in [-0.2, 0) is 0 Å². The maximum atomic E-state index is 5.63. The van der Waals surface area contributed by atoms with Crippen LogP contribution in [0.5, 0.6) is 0 Å². The van der Waals surface area contributed by atoms with Crippen molar-refractivity contribution < 1.29 is 4.52 Å². The smallest absolute Gasteiger partial charge is 0.258 e. The van der Waals surface area contributed by atoms with Gasteiger partial charge in [0.15, 0.2) is 0 Å². The third-order valence-electron chi connectivity index (χ3n) is 2.37. The highest BCUT2D eigenvalue weighted by Crippen LogP contribution is 2.29. The number of nitrogens with zero attached hydrogens (tertiary/aromatic N) is 2. The molecule has 0 radical (unpaired) electrons. The van der Waals surface area contributed by atoms with E-state index in [1.807, 2.05) is 23.6 Å². The molecular weight excluding hydrogens is 314 g/mol. The van der Waals surface area contributed by atoms with Gasteiger partial charge in [0.05, 0.1) is 4.88 Å². The first-order chi connectivity index (χ1) is 8.72. The van der Waals surface area contributed by atoms with Crippen LogP contribution in [0.25, 0.3) is 22.2 Å². The van der Waals surface area contributed by atoms with Crippen LogP contribution in [0.3, 0.4) is 0 Å². The minimum atomic E-state index is 0.495. The molecule has 90 valence electrons. The summed E-state index contributed by atoms with van der Waals surface area (Å²) in [5.41, 5.74) is 7.20. The summed E-state index contributed by atoms with van der Waals surface area (Å²) in [6, 6.07) is 9.29. The number of rotatable bonds is 2. The van der Waals surface area contributed by atoms with E-state index < -0.39 is 0 Å². The van der Waals surface area contributed by atoms with Gasteiger partial charge in [-0.05, 0) is 46.3 Å². The van der Waals surface area contributed by atoms with Crippen LogP contribution in [0.15, 0.2) is 44.7 Å². The molecule has 0 bridgehead atoms. The van der Waals surface area contributed by atoms with Crippen molar-refractivity contribution in [2.75, 3.05) is 5.73 Å². The predicted octanol–water partition coefficient (Wildman–Crippen LogP) is 3.81. The molecule has 2 N–H and O–H groups in total. The molecule has 0 saturated heterocycles. The predicted molar refractivity (Wildman–Crippen MR) is 75.2 cm³/mol. The largest absolute Gasteiger partial charge is 0.399 e. The number of benzene rings is 1. The van der Waals surface area contributed by atoms with E-state index in [2.05, 4.69) is 26.1 Å². The van der Waals surface area contributed by atoms with Crippen molar-refractivity contribution in [1.82, 2.24) is 10.1 Å². The average molecular weight is 322 g/mol. The van der Waals surface area contributed by atoms with Gasteiger partial charge in [0.1, 0.15) is 0 Å². The van der Waals surface area contributed by atoms with E-state index in [1.165, 1.54) is 0 Å². The Morgan fingerprint density at radius 3 is 2.67 bits per heavy atom. The van der Waals surface area contributed by atoms with Crippen LogP contribution >= 0.6 is 27.3 Å². The Morgan fingerprint density at radius 1 is 1.22 bits per heavy atom. The monoisotopic (exact) mass is 321 g/mol. The van der Waals surface area contributed by atoms with E-state index in [4.69, 9.17) is 10.3 Å². The molecule has 0 aliphatic rings. The van der Waals surface area contributed by atoms with Crippen LogP contribution in [0.2, 0.25) is 0 Å². The topological polar surface area (TPSA) is 64.9 Å². The lowest BCUT2D eigenvalue weighted by Gasteiger charge is -1.94. The summed E-state index contributed by atoms with van der Waals surface area (Å²) in [6.45, 7) is 0. The lowest BCUT2D eigenvalue weighted by molar-refractivity contribution is 0.432. The summed E-state index contributed by atoms with van der Waals surface area (Å²) in [5, 5.41) is 5.95. The normalized spacial score (nSPS) is 10.7. The molecule has 0 aliphatic heterocycles.